The van der Waals surface area contributed by atoms with Crippen molar-refractivity contribution in [2.24, 2.45) is 5.92 Å². The minimum Gasteiger partial charge on any atom is -0.416 e. The molecule has 0 saturated carbocycles. The molecular weight excluding hydrogens is 379 g/mol. The van der Waals surface area contributed by atoms with Gasteiger partial charge in [-0.15, -0.1) is 10.2 Å². The summed E-state index contributed by atoms with van der Waals surface area (Å²) in [6.07, 6.45) is 1.94. The molecule has 0 radical (unpaired) electrons. The van der Waals surface area contributed by atoms with Gasteiger partial charge in [-0.25, -0.2) is 4.39 Å². The molecular formula is C17H18ClFN4O2S. The molecule has 9 heteroatoms. The van der Waals surface area contributed by atoms with E-state index in [-0.39, 0.29) is 6.42 Å². The second-order valence-electron chi connectivity index (χ2n) is 6.16. The van der Waals surface area contributed by atoms with Crippen LogP contribution in [0.3, 0.4) is 0 Å². The Morgan fingerprint density at radius 1 is 1.23 bits per heavy atom. The fraction of sp³-hybridized carbons (Fsp3) is 0.412. The minimum atomic E-state index is -0.398. The van der Waals surface area contributed by atoms with E-state index in [0.717, 1.165) is 12.8 Å². The zero-order valence-electron chi connectivity index (χ0n) is 14.4. The smallest absolute Gasteiger partial charge is 0.277 e. The summed E-state index contributed by atoms with van der Waals surface area (Å²) in [5.41, 5.74) is 0.334. The van der Waals surface area contributed by atoms with Crippen LogP contribution in [0.5, 0.6) is 0 Å². The normalized spacial score (nSPS) is 11.4. The highest BCUT2D eigenvalue weighted by Crippen LogP contribution is 2.25. The summed E-state index contributed by atoms with van der Waals surface area (Å²) in [6, 6.07) is 4.52. The van der Waals surface area contributed by atoms with Crippen LogP contribution in [0.25, 0.3) is 0 Å². The van der Waals surface area contributed by atoms with Crippen molar-refractivity contribution < 1.29 is 13.3 Å². The van der Waals surface area contributed by atoms with Crippen LogP contribution in [-0.4, -0.2) is 20.3 Å². The highest BCUT2D eigenvalue weighted by Gasteiger charge is 2.14. The van der Waals surface area contributed by atoms with Crippen molar-refractivity contribution in [2.75, 3.05) is 0 Å². The van der Waals surface area contributed by atoms with Crippen LogP contribution in [0.15, 0.2) is 32.4 Å². The number of nitrogens with zero attached hydrogens (tertiary/aromatic N) is 4. The first-order valence-electron chi connectivity index (χ1n) is 8.20. The Balaban J connectivity index is 1.56. The predicted octanol–water partition coefficient (Wildman–Crippen LogP) is 4.72. The lowest BCUT2D eigenvalue weighted by Gasteiger charge is -2.01. The van der Waals surface area contributed by atoms with Crippen molar-refractivity contribution in [1.29, 1.82) is 0 Å². The van der Waals surface area contributed by atoms with Crippen LogP contribution in [-0.2, 0) is 18.6 Å². The van der Waals surface area contributed by atoms with Crippen LogP contribution < -0.4 is 0 Å². The van der Waals surface area contributed by atoms with E-state index in [0.29, 0.717) is 45.1 Å². The molecule has 0 aliphatic rings. The van der Waals surface area contributed by atoms with Gasteiger partial charge in [-0.2, -0.15) is 4.98 Å². The van der Waals surface area contributed by atoms with Crippen LogP contribution in [0, 0.1) is 11.7 Å². The SMILES string of the molecule is CC(C)CCc1noc(CSc2nnc(Cc3c(F)cccc3Cl)o2)n1. The molecule has 138 valence electrons. The Morgan fingerprint density at radius 3 is 2.85 bits per heavy atom. The first-order valence-corrected chi connectivity index (χ1v) is 9.57. The summed E-state index contributed by atoms with van der Waals surface area (Å²) >= 11 is 7.30. The topological polar surface area (TPSA) is 77.8 Å². The molecule has 0 bridgehead atoms. The quantitative estimate of drug-likeness (QED) is 0.510. The van der Waals surface area contributed by atoms with Gasteiger partial charge < -0.3 is 8.94 Å². The van der Waals surface area contributed by atoms with E-state index < -0.39 is 5.82 Å². The van der Waals surface area contributed by atoms with Crippen molar-refractivity contribution in [1.82, 2.24) is 20.3 Å². The summed E-state index contributed by atoms with van der Waals surface area (Å²) in [5.74, 6) is 2.12. The van der Waals surface area contributed by atoms with E-state index in [4.69, 9.17) is 20.5 Å². The number of thioether (sulfide) groups is 1. The number of aryl methyl sites for hydroxylation is 1. The minimum absolute atomic E-state index is 0.138. The first kappa shape index (κ1) is 18.8. The molecule has 0 atom stereocenters. The highest BCUT2D eigenvalue weighted by atomic mass is 35.5. The molecule has 3 rings (SSSR count). The van der Waals surface area contributed by atoms with E-state index in [1.54, 1.807) is 12.1 Å². The number of halogens is 2. The van der Waals surface area contributed by atoms with E-state index >= 15 is 0 Å². The zero-order valence-corrected chi connectivity index (χ0v) is 16.0. The Labute approximate surface area is 159 Å². The monoisotopic (exact) mass is 396 g/mol. The average molecular weight is 397 g/mol. The van der Waals surface area contributed by atoms with Gasteiger partial charge in [0.2, 0.25) is 11.8 Å². The van der Waals surface area contributed by atoms with Gasteiger partial charge in [-0.3, -0.25) is 0 Å². The molecule has 2 aromatic heterocycles. The summed E-state index contributed by atoms with van der Waals surface area (Å²) < 4.78 is 24.6. The number of aromatic nitrogens is 4. The van der Waals surface area contributed by atoms with Gasteiger partial charge >= 0.3 is 0 Å². The van der Waals surface area contributed by atoms with E-state index in [1.807, 2.05) is 0 Å². The van der Waals surface area contributed by atoms with Crippen molar-refractivity contribution in [3.8, 4) is 0 Å². The Morgan fingerprint density at radius 2 is 2.08 bits per heavy atom. The molecule has 0 amide bonds. The maximum atomic E-state index is 13.8. The lowest BCUT2D eigenvalue weighted by Crippen LogP contribution is -1.94. The Bertz CT molecular complexity index is 848. The third-order valence-electron chi connectivity index (χ3n) is 3.61. The molecule has 0 N–H and O–H groups in total. The molecule has 1 aromatic carbocycles. The van der Waals surface area contributed by atoms with Gasteiger partial charge in [0.05, 0.1) is 12.2 Å². The predicted molar refractivity (Wildman–Crippen MR) is 95.5 cm³/mol. The summed E-state index contributed by atoms with van der Waals surface area (Å²) in [4.78, 5) is 4.34. The van der Waals surface area contributed by atoms with Crippen LogP contribution in [0.2, 0.25) is 5.02 Å². The van der Waals surface area contributed by atoms with Crippen molar-refractivity contribution in [2.45, 2.75) is 44.1 Å². The first-order chi connectivity index (χ1) is 12.5. The molecule has 0 fully saturated rings. The standard InChI is InChI=1S/C17H18ClFN4O2S/c1-10(2)6-7-14-20-16(25-23-14)9-26-17-22-21-15(24-17)8-11-12(18)4-3-5-13(11)19/h3-5,10H,6-9H2,1-2H3. The van der Waals surface area contributed by atoms with Crippen molar-refractivity contribution in [3.63, 3.8) is 0 Å². The van der Waals surface area contributed by atoms with Gasteiger partial charge in [0.1, 0.15) is 5.82 Å². The average Bonchev–Trinajstić information content (AvgIpc) is 3.24. The Hall–Kier alpha value is -1.93. The summed E-state index contributed by atoms with van der Waals surface area (Å²) in [7, 11) is 0. The van der Waals surface area contributed by atoms with E-state index in [1.165, 1.54) is 17.8 Å². The van der Waals surface area contributed by atoms with Crippen LogP contribution >= 0.6 is 23.4 Å². The summed E-state index contributed by atoms with van der Waals surface area (Å²) in [6.45, 7) is 4.30. The lowest BCUT2D eigenvalue weighted by atomic mass is 10.1. The second-order valence-corrected chi connectivity index (χ2v) is 7.50. The maximum Gasteiger partial charge on any atom is 0.277 e. The third-order valence-corrected chi connectivity index (χ3v) is 4.77. The summed E-state index contributed by atoms with van der Waals surface area (Å²) in [5, 5.41) is 12.5. The number of rotatable bonds is 8. The van der Waals surface area contributed by atoms with Crippen LogP contribution in [0.4, 0.5) is 4.39 Å². The molecule has 0 saturated heterocycles. The molecule has 26 heavy (non-hydrogen) atoms. The number of benzene rings is 1. The zero-order chi connectivity index (χ0) is 18.5. The van der Waals surface area contributed by atoms with Crippen molar-refractivity contribution in [3.05, 3.63) is 52.2 Å². The third kappa shape index (κ3) is 5.04. The number of hydrogen-bond donors (Lipinski definition) is 0. The maximum absolute atomic E-state index is 13.8. The van der Waals surface area contributed by atoms with Gasteiger partial charge in [0, 0.05) is 17.0 Å². The molecule has 0 aliphatic heterocycles. The largest absolute Gasteiger partial charge is 0.416 e. The van der Waals surface area contributed by atoms with Gasteiger partial charge in [-0.05, 0) is 24.5 Å². The van der Waals surface area contributed by atoms with E-state index in [9.17, 15) is 4.39 Å². The fourth-order valence-electron chi connectivity index (χ4n) is 2.21. The molecule has 2 heterocycles. The van der Waals surface area contributed by atoms with Gasteiger partial charge in [0.25, 0.3) is 5.22 Å². The second kappa shape index (κ2) is 8.64. The molecule has 0 unspecified atom stereocenters. The lowest BCUT2D eigenvalue weighted by molar-refractivity contribution is 0.381. The molecule has 3 aromatic rings. The van der Waals surface area contributed by atoms with Crippen LogP contribution in [0.1, 0.15) is 43.4 Å². The van der Waals surface area contributed by atoms with E-state index in [2.05, 4.69) is 34.2 Å². The van der Waals surface area contributed by atoms with Gasteiger partial charge in [0.15, 0.2) is 5.82 Å². The number of hydrogen-bond acceptors (Lipinski definition) is 7. The van der Waals surface area contributed by atoms with Crippen molar-refractivity contribution >= 4 is 23.4 Å². The van der Waals surface area contributed by atoms with Gasteiger partial charge in [-0.1, -0.05) is 48.4 Å². The Kier molecular flexibility index (Phi) is 6.26. The molecule has 0 spiro atoms. The molecule has 6 nitrogen and oxygen atoms in total. The molecule has 0 aliphatic carbocycles. The highest BCUT2D eigenvalue weighted by molar-refractivity contribution is 7.98. The fourth-order valence-corrected chi connectivity index (χ4v) is 3.06.